The zero-order valence-corrected chi connectivity index (χ0v) is 22.9. The standard InChI is InChI=1S/C40H27NO/c1-4-12-28(13-5-1)29-20-22-30(23-21-29)32-26-37(41(33-15-6-2-7-16-33)34-17-8-3-9-18-34)39-36-25-24-31-14-10-11-19-35(31)40(36)42-38(39)27-32/h1-27H. The molecule has 0 saturated heterocycles. The summed E-state index contributed by atoms with van der Waals surface area (Å²) in [4.78, 5) is 2.34. The summed E-state index contributed by atoms with van der Waals surface area (Å²) < 4.78 is 6.76. The zero-order valence-electron chi connectivity index (χ0n) is 22.9. The van der Waals surface area contributed by atoms with Crippen LogP contribution in [-0.4, -0.2) is 0 Å². The highest BCUT2D eigenvalue weighted by Crippen LogP contribution is 2.46. The normalized spacial score (nSPS) is 11.3. The van der Waals surface area contributed by atoms with Gasteiger partial charge in [-0.2, -0.15) is 0 Å². The van der Waals surface area contributed by atoms with E-state index in [0.717, 1.165) is 55.5 Å². The minimum Gasteiger partial charge on any atom is -0.455 e. The van der Waals surface area contributed by atoms with Crippen LogP contribution >= 0.6 is 0 Å². The molecule has 0 unspecified atom stereocenters. The Morgan fingerprint density at radius 3 is 1.62 bits per heavy atom. The lowest BCUT2D eigenvalue weighted by molar-refractivity contribution is 0.673. The molecule has 0 aliphatic rings. The maximum Gasteiger partial charge on any atom is 0.143 e. The highest BCUT2D eigenvalue weighted by molar-refractivity contribution is 6.20. The molecule has 0 fully saturated rings. The van der Waals surface area contributed by atoms with E-state index in [2.05, 4.69) is 169 Å². The van der Waals surface area contributed by atoms with Gasteiger partial charge in [-0.05, 0) is 70.1 Å². The quantitative estimate of drug-likeness (QED) is 0.217. The van der Waals surface area contributed by atoms with Gasteiger partial charge in [0.25, 0.3) is 0 Å². The van der Waals surface area contributed by atoms with E-state index in [1.54, 1.807) is 0 Å². The van der Waals surface area contributed by atoms with Gasteiger partial charge >= 0.3 is 0 Å². The molecule has 0 spiro atoms. The van der Waals surface area contributed by atoms with Crippen LogP contribution in [0.25, 0.3) is 55.0 Å². The number of benzene rings is 7. The molecule has 0 aliphatic heterocycles. The molecule has 0 bridgehead atoms. The number of furan rings is 1. The maximum atomic E-state index is 6.76. The van der Waals surface area contributed by atoms with Crippen LogP contribution in [0.4, 0.5) is 17.1 Å². The van der Waals surface area contributed by atoms with E-state index in [-0.39, 0.29) is 0 Å². The summed E-state index contributed by atoms with van der Waals surface area (Å²) in [5.41, 5.74) is 9.73. The van der Waals surface area contributed by atoms with Gasteiger partial charge < -0.3 is 9.32 Å². The van der Waals surface area contributed by atoms with Crippen LogP contribution in [0.1, 0.15) is 0 Å². The Bertz CT molecular complexity index is 2120. The van der Waals surface area contributed by atoms with Crippen molar-refractivity contribution in [3.8, 4) is 22.3 Å². The second-order valence-corrected chi connectivity index (χ2v) is 10.6. The van der Waals surface area contributed by atoms with Gasteiger partial charge in [-0.3, -0.25) is 0 Å². The van der Waals surface area contributed by atoms with E-state index in [1.165, 1.54) is 16.5 Å². The summed E-state index contributed by atoms with van der Waals surface area (Å²) in [6.07, 6.45) is 0. The van der Waals surface area contributed by atoms with Crippen molar-refractivity contribution in [2.75, 3.05) is 4.90 Å². The Labute approximate surface area is 244 Å². The zero-order chi connectivity index (χ0) is 27.9. The topological polar surface area (TPSA) is 16.4 Å². The largest absolute Gasteiger partial charge is 0.455 e. The molecular weight excluding hydrogens is 510 g/mol. The van der Waals surface area contributed by atoms with Crippen LogP contribution in [-0.2, 0) is 0 Å². The van der Waals surface area contributed by atoms with E-state index < -0.39 is 0 Å². The predicted octanol–water partition coefficient (Wildman–Crippen LogP) is 11.5. The second kappa shape index (κ2) is 10.1. The summed E-state index contributed by atoms with van der Waals surface area (Å²) in [6, 6.07) is 57.8. The summed E-state index contributed by atoms with van der Waals surface area (Å²) in [6.45, 7) is 0. The molecule has 0 aliphatic carbocycles. The fourth-order valence-electron chi connectivity index (χ4n) is 6.02. The molecule has 8 aromatic rings. The van der Waals surface area contributed by atoms with Crippen LogP contribution in [0.3, 0.4) is 0 Å². The fraction of sp³-hybridized carbons (Fsp3) is 0. The molecule has 1 aromatic heterocycles. The number of hydrogen-bond donors (Lipinski definition) is 0. The van der Waals surface area contributed by atoms with Crippen molar-refractivity contribution >= 4 is 49.8 Å². The van der Waals surface area contributed by atoms with Gasteiger partial charge in [0.15, 0.2) is 0 Å². The van der Waals surface area contributed by atoms with Crippen molar-refractivity contribution in [1.82, 2.24) is 0 Å². The van der Waals surface area contributed by atoms with Crippen molar-refractivity contribution in [1.29, 1.82) is 0 Å². The molecule has 0 atom stereocenters. The van der Waals surface area contributed by atoms with Gasteiger partial charge in [-0.15, -0.1) is 0 Å². The van der Waals surface area contributed by atoms with Crippen LogP contribution in [0.5, 0.6) is 0 Å². The lowest BCUT2D eigenvalue weighted by Gasteiger charge is -2.26. The molecule has 198 valence electrons. The SMILES string of the molecule is c1ccc(-c2ccc(-c3cc(N(c4ccccc4)c4ccccc4)c4c(c3)oc3c5ccccc5ccc34)cc2)cc1. The van der Waals surface area contributed by atoms with E-state index in [9.17, 15) is 0 Å². The number of rotatable bonds is 5. The number of para-hydroxylation sites is 2. The Morgan fingerprint density at radius 1 is 0.405 bits per heavy atom. The lowest BCUT2D eigenvalue weighted by Crippen LogP contribution is -2.10. The first kappa shape index (κ1) is 24.2. The number of anilines is 3. The molecule has 0 N–H and O–H groups in total. The Balaban J connectivity index is 1.41. The van der Waals surface area contributed by atoms with Crippen molar-refractivity contribution in [3.05, 3.63) is 164 Å². The van der Waals surface area contributed by atoms with Crippen LogP contribution < -0.4 is 4.90 Å². The van der Waals surface area contributed by atoms with Gasteiger partial charge in [-0.25, -0.2) is 0 Å². The minimum atomic E-state index is 0.873. The van der Waals surface area contributed by atoms with Crippen molar-refractivity contribution in [2.24, 2.45) is 0 Å². The molecular formula is C40H27NO. The third-order valence-corrected chi connectivity index (χ3v) is 8.04. The van der Waals surface area contributed by atoms with Crippen LogP contribution in [0, 0.1) is 0 Å². The lowest BCUT2D eigenvalue weighted by atomic mass is 9.97. The van der Waals surface area contributed by atoms with Crippen molar-refractivity contribution in [2.45, 2.75) is 0 Å². The summed E-state index contributed by atoms with van der Waals surface area (Å²) in [7, 11) is 0. The average molecular weight is 538 g/mol. The number of fused-ring (bicyclic) bond motifs is 5. The van der Waals surface area contributed by atoms with Crippen molar-refractivity contribution < 1.29 is 4.42 Å². The molecule has 0 amide bonds. The maximum absolute atomic E-state index is 6.76. The molecule has 7 aromatic carbocycles. The van der Waals surface area contributed by atoms with Gasteiger partial charge in [0.05, 0.1) is 11.1 Å². The van der Waals surface area contributed by atoms with Crippen LogP contribution in [0.15, 0.2) is 168 Å². The first-order valence-electron chi connectivity index (χ1n) is 14.3. The Kier molecular flexibility index (Phi) is 5.82. The monoisotopic (exact) mass is 537 g/mol. The molecule has 42 heavy (non-hydrogen) atoms. The summed E-state index contributed by atoms with van der Waals surface area (Å²) in [5, 5.41) is 4.51. The summed E-state index contributed by atoms with van der Waals surface area (Å²) >= 11 is 0. The third kappa shape index (κ3) is 4.13. The van der Waals surface area contributed by atoms with E-state index in [0.29, 0.717) is 0 Å². The van der Waals surface area contributed by atoms with E-state index in [1.807, 2.05) is 0 Å². The van der Waals surface area contributed by atoms with E-state index >= 15 is 0 Å². The molecule has 2 heteroatoms. The molecule has 0 saturated carbocycles. The van der Waals surface area contributed by atoms with E-state index in [4.69, 9.17) is 4.42 Å². The smallest absolute Gasteiger partial charge is 0.143 e. The van der Waals surface area contributed by atoms with Gasteiger partial charge in [0, 0.05) is 22.1 Å². The average Bonchev–Trinajstić information content (AvgIpc) is 3.46. The third-order valence-electron chi connectivity index (χ3n) is 8.04. The minimum absolute atomic E-state index is 0.873. The number of nitrogens with zero attached hydrogens (tertiary/aromatic N) is 1. The molecule has 0 radical (unpaired) electrons. The second-order valence-electron chi connectivity index (χ2n) is 10.6. The molecule has 2 nitrogen and oxygen atoms in total. The highest BCUT2D eigenvalue weighted by Gasteiger charge is 2.21. The molecule has 1 heterocycles. The highest BCUT2D eigenvalue weighted by atomic mass is 16.3. The Hall–Kier alpha value is -5.60. The van der Waals surface area contributed by atoms with Crippen molar-refractivity contribution in [3.63, 3.8) is 0 Å². The first-order valence-corrected chi connectivity index (χ1v) is 14.3. The van der Waals surface area contributed by atoms with Gasteiger partial charge in [0.2, 0.25) is 0 Å². The van der Waals surface area contributed by atoms with Crippen LogP contribution in [0.2, 0.25) is 0 Å². The molecule has 8 rings (SSSR count). The predicted molar refractivity (Wildman–Crippen MR) is 177 cm³/mol. The fourth-order valence-corrected chi connectivity index (χ4v) is 6.02. The summed E-state index contributed by atoms with van der Waals surface area (Å²) in [5.74, 6) is 0. The number of hydrogen-bond acceptors (Lipinski definition) is 2. The van der Waals surface area contributed by atoms with Gasteiger partial charge in [-0.1, -0.05) is 121 Å². The first-order chi connectivity index (χ1) is 20.8. The Morgan fingerprint density at radius 2 is 0.952 bits per heavy atom. The van der Waals surface area contributed by atoms with Gasteiger partial charge in [0.1, 0.15) is 11.2 Å².